The maximum Gasteiger partial charge on any atom is 0.134 e. The molecule has 0 saturated carbocycles. The van der Waals surface area contributed by atoms with Gasteiger partial charge in [0.05, 0.1) is 11.4 Å². The van der Waals surface area contributed by atoms with E-state index < -0.39 is 0 Å². The van der Waals surface area contributed by atoms with Gasteiger partial charge in [0, 0.05) is 6.08 Å². The molecule has 3 aliphatic rings. The summed E-state index contributed by atoms with van der Waals surface area (Å²) in [6.45, 7) is 0.956. The summed E-state index contributed by atoms with van der Waals surface area (Å²) in [6.07, 6.45) is 5.84. The minimum absolute atomic E-state index is 0. The zero-order valence-electron chi connectivity index (χ0n) is 6.87. The molecule has 4 nitrogen and oxygen atoms in total. The third-order valence-corrected chi connectivity index (χ3v) is 2.32. The van der Waals surface area contributed by atoms with Gasteiger partial charge in [-0.15, -0.1) is 0 Å². The van der Waals surface area contributed by atoms with E-state index in [9.17, 15) is 0 Å². The van der Waals surface area contributed by atoms with Gasteiger partial charge in [0.2, 0.25) is 0 Å². The van der Waals surface area contributed by atoms with Crippen molar-refractivity contribution in [2.24, 2.45) is 9.98 Å². The molecule has 2 heterocycles. The fourth-order valence-electron chi connectivity index (χ4n) is 1.69. The molecule has 0 bridgehead atoms. The molecule has 1 atom stereocenters. The Hall–Kier alpha value is -0.780. The Morgan fingerprint density at radius 1 is 1.54 bits per heavy atom. The molecule has 0 amide bonds. The zero-order valence-corrected chi connectivity index (χ0v) is 8.45. The zero-order chi connectivity index (χ0) is 7.97. The summed E-state index contributed by atoms with van der Waals surface area (Å²) < 4.78 is 0. The number of hydrogen-bond donors (Lipinski definition) is 2. The number of quaternary nitrogens is 1. The topological polar surface area (TPSA) is 53.4 Å². The molecular formula is C8H9BrN4. The molecule has 1 unspecified atom stereocenters. The lowest BCUT2D eigenvalue weighted by molar-refractivity contribution is -0.593. The lowest BCUT2D eigenvalue weighted by Crippen LogP contribution is -3.00. The number of allylic oxidation sites excluding steroid dienone is 1. The number of rotatable bonds is 0. The molecule has 0 spiro atoms. The van der Waals surface area contributed by atoms with Crippen molar-refractivity contribution in [3.63, 3.8) is 0 Å². The Labute approximate surface area is 86.3 Å². The molecule has 3 rings (SSSR count). The van der Waals surface area contributed by atoms with Crippen LogP contribution in [0.15, 0.2) is 33.5 Å². The predicted molar refractivity (Wildman–Crippen MR) is 45.8 cm³/mol. The maximum absolute atomic E-state index is 4.15. The molecule has 68 valence electrons. The Morgan fingerprint density at radius 2 is 2.46 bits per heavy atom. The average molecular weight is 241 g/mol. The summed E-state index contributed by atoms with van der Waals surface area (Å²) in [5.41, 5.74) is 3.33. The quantitative estimate of drug-likeness (QED) is 0.443. The van der Waals surface area contributed by atoms with E-state index in [2.05, 4.69) is 32.8 Å². The molecular weight excluding hydrogens is 232 g/mol. The van der Waals surface area contributed by atoms with Crippen LogP contribution in [0.4, 0.5) is 0 Å². The van der Waals surface area contributed by atoms with Gasteiger partial charge in [-0.3, -0.25) is 5.32 Å². The highest BCUT2D eigenvalue weighted by Gasteiger charge is 2.28. The van der Waals surface area contributed by atoms with E-state index in [1.165, 1.54) is 5.70 Å². The van der Waals surface area contributed by atoms with Crippen molar-refractivity contribution in [3.05, 3.63) is 23.5 Å². The van der Waals surface area contributed by atoms with Gasteiger partial charge in [-0.2, -0.15) is 0 Å². The Kier molecular flexibility index (Phi) is 2.15. The first-order chi connectivity index (χ1) is 5.93. The van der Waals surface area contributed by atoms with Gasteiger partial charge in [-0.25, -0.2) is 9.98 Å². The number of nitrogens with one attached hydrogen (secondary N) is 1. The third kappa shape index (κ3) is 1.29. The van der Waals surface area contributed by atoms with Crippen LogP contribution < -0.4 is 27.6 Å². The van der Waals surface area contributed by atoms with Crippen molar-refractivity contribution in [2.75, 3.05) is 6.67 Å². The molecule has 1 aliphatic carbocycles. The molecule has 5 heteroatoms. The lowest BCUT2D eigenvalue weighted by atomic mass is 10.0. The molecule has 1 fully saturated rings. The molecule has 0 aromatic rings. The molecule has 0 radical (unpaired) electrons. The second kappa shape index (κ2) is 3.17. The van der Waals surface area contributed by atoms with Gasteiger partial charge in [-0.1, -0.05) is 0 Å². The normalized spacial score (nSPS) is 28.3. The number of hydrogen-bond acceptors (Lipinski definition) is 3. The summed E-state index contributed by atoms with van der Waals surface area (Å²) in [5, 5.41) is 5.54. The first kappa shape index (κ1) is 8.80. The number of nitrogens with zero attached hydrogens (tertiary/aromatic N) is 2. The van der Waals surface area contributed by atoms with Crippen molar-refractivity contribution >= 4 is 12.1 Å². The van der Waals surface area contributed by atoms with E-state index >= 15 is 0 Å². The van der Waals surface area contributed by atoms with Crippen molar-refractivity contribution < 1.29 is 22.3 Å². The van der Waals surface area contributed by atoms with Crippen LogP contribution in [0.2, 0.25) is 0 Å². The van der Waals surface area contributed by atoms with E-state index in [1.807, 2.05) is 0 Å². The largest absolute Gasteiger partial charge is 1.00 e. The van der Waals surface area contributed by atoms with Gasteiger partial charge in [0.15, 0.2) is 0 Å². The monoisotopic (exact) mass is 240 g/mol. The van der Waals surface area contributed by atoms with Crippen molar-refractivity contribution in [1.29, 1.82) is 0 Å². The van der Waals surface area contributed by atoms with E-state index in [0.717, 1.165) is 18.1 Å². The van der Waals surface area contributed by atoms with Gasteiger partial charge >= 0.3 is 0 Å². The summed E-state index contributed by atoms with van der Waals surface area (Å²) in [7, 11) is 0. The van der Waals surface area contributed by atoms with Gasteiger partial charge in [0.1, 0.15) is 24.7 Å². The summed E-state index contributed by atoms with van der Waals surface area (Å²) >= 11 is 0. The number of aliphatic imine (C=N–C) groups is 2. The summed E-state index contributed by atoms with van der Waals surface area (Å²) in [4.78, 5) is 8.30. The SMILES string of the molecule is C1=NC2=CC3NC[NH2+]C3=CC2=N1.[Br-]. The van der Waals surface area contributed by atoms with Crippen LogP contribution in [0.25, 0.3) is 0 Å². The highest BCUT2D eigenvalue weighted by Crippen LogP contribution is 2.17. The minimum Gasteiger partial charge on any atom is -1.00 e. The summed E-state index contributed by atoms with van der Waals surface area (Å²) in [5.74, 6) is 0. The Morgan fingerprint density at radius 3 is 3.38 bits per heavy atom. The molecule has 1 saturated heterocycles. The average Bonchev–Trinajstić information content (AvgIpc) is 2.64. The third-order valence-electron chi connectivity index (χ3n) is 2.32. The molecule has 0 aromatic heterocycles. The van der Waals surface area contributed by atoms with Crippen LogP contribution in [-0.2, 0) is 0 Å². The van der Waals surface area contributed by atoms with Gasteiger partial charge < -0.3 is 22.3 Å². The number of fused-ring (bicyclic) bond motifs is 2. The van der Waals surface area contributed by atoms with Crippen molar-refractivity contribution in [2.45, 2.75) is 6.04 Å². The standard InChI is InChI=1S/C8H8N4.BrH/c1-5-7(11-3-9-5)2-8-6(1)10-4-12-8;/h1-3,6,10,12H,4H2;1H. The van der Waals surface area contributed by atoms with E-state index in [-0.39, 0.29) is 17.0 Å². The predicted octanol–water partition coefficient (Wildman–Crippen LogP) is -4.25. The van der Waals surface area contributed by atoms with Gasteiger partial charge in [0.25, 0.3) is 0 Å². The second-order valence-corrected chi connectivity index (χ2v) is 3.05. The van der Waals surface area contributed by atoms with Crippen molar-refractivity contribution in [3.8, 4) is 0 Å². The number of nitrogens with two attached hydrogens (primary N) is 1. The van der Waals surface area contributed by atoms with E-state index in [1.54, 1.807) is 6.34 Å². The molecule has 13 heavy (non-hydrogen) atoms. The Balaban J connectivity index is 0.000000653. The van der Waals surface area contributed by atoms with Crippen molar-refractivity contribution in [1.82, 2.24) is 5.32 Å². The molecule has 2 aliphatic heterocycles. The highest BCUT2D eigenvalue weighted by atomic mass is 79.9. The lowest BCUT2D eigenvalue weighted by Gasteiger charge is -2.08. The van der Waals surface area contributed by atoms with Crippen LogP contribution in [0, 0.1) is 0 Å². The van der Waals surface area contributed by atoms with Crippen LogP contribution in [0.1, 0.15) is 0 Å². The summed E-state index contributed by atoms with van der Waals surface area (Å²) in [6, 6.07) is 0.370. The van der Waals surface area contributed by atoms with E-state index in [4.69, 9.17) is 0 Å². The fourth-order valence-corrected chi connectivity index (χ4v) is 1.69. The van der Waals surface area contributed by atoms with Crippen LogP contribution >= 0.6 is 0 Å². The van der Waals surface area contributed by atoms with Crippen LogP contribution in [0.5, 0.6) is 0 Å². The van der Waals surface area contributed by atoms with E-state index in [0.29, 0.717) is 6.04 Å². The highest BCUT2D eigenvalue weighted by molar-refractivity contribution is 6.15. The first-order valence-electron chi connectivity index (χ1n) is 4.04. The smallest absolute Gasteiger partial charge is 0.134 e. The Bertz CT molecular complexity index is 353. The maximum atomic E-state index is 4.15. The first-order valence-corrected chi connectivity index (χ1v) is 4.04. The number of halogens is 1. The molecule has 0 aromatic carbocycles. The van der Waals surface area contributed by atoms with Gasteiger partial charge in [-0.05, 0) is 6.08 Å². The second-order valence-electron chi connectivity index (χ2n) is 3.05. The fraction of sp³-hybridized carbons (Fsp3) is 0.250. The van der Waals surface area contributed by atoms with Crippen LogP contribution in [0.3, 0.4) is 0 Å². The molecule has 3 N–H and O–H groups in total. The van der Waals surface area contributed by atoms with Crippen LogP contribution in [-0.4, -0.2) is 24.8 Å². The minimum atomic E-state index is 0.